The number of rotatable bonds is 6. The first-order valence-electron chi connectivity index (χ1n) is 6.39. The van der Waals surface area contributed by atoms with Crippen molar-refractivity contribution in [3.8, 4) is 0 Å². The summed E-state index contributed by atoms with van der Waals surface area (Å²) in [5, 5.41) is 0. The van der Waals surface area contributed by atoms with Crippen LogP contribution in [0.1, 0.15) is 16.7 Å². The van der Waals surface area contributed by atoms with Gasteiger partial charge in [-0.25, -0.2) is 0 Å². The predicted octanol–water partition coefficient (Wildman–Crippen LogP) is 4.74. The van der Waals surface area contributed by atoms with Crippen LogP contribution in [0.25, 0.3) is 0 Å². The first-order valence-corrected chi connectivity index (χ1v) is 8.98. The molecule has 1 atom stereocenters. The first-order chi connectivity index (χ1) is 9.17. The van der Waals surface area contributed by atoms with Crippen LogP contribution in [0, 0.1) is 0 Å². The molecule has 0 saturated carbocycles. The topological polar surface area (TPSA) is 26.0 Å². The van der Waals surface area contributed by atoms with Crippen LogP contribution in [0.2, 0.25) is 0 Å². The molecule has 0 bridgehead atoms. The highest BCUT2D eigenvalue weighted by Crippen LogP contribution is 2.24. The smallest absolute Gasteiger partial charge is 0.0186 e. The highest BCUT2D eigenvalue weighted by Gasteiger charge is 2.07. The number of aryl methyl sites for hydroxylation is 1. The molecule has 1 nitrogen and oxygen atoms in total. The summed E-state index contributed by atoms with van der Waals surface area (Å²) in [5.74, 6) is 0.954. The molecule has 102 valence electrons. The second-order valence-electron chi connectivity index (χ2n) is 4.45. The zero-order valence-electron chi connectivity index (χ0n) is 10.9. The second kappa shape index (κ2) is 7.48. The van der Waals surface area contributed by atoms with Gasteiger partial charge in [-0.2, -0.15) is 0 Å². The van der Waals surface area contributed by atoms with Crippen molar-refractivity contribution in [1.29, 1.82) is 0 Å². The van der Waals surface area contributed by atoms with Gasteiger partial charge in [0.2, 0.25) is 0 Å². The average Bonchev–Trinajstić information content (AvgIpc) is 2.84. The van der Waals surface area contributed by atoms with Crippen LogP contribution >= 0.6 is 39.0 Å². The van der Waals surface area contributed by atoms with Gasteiger partial charge in [0.25, 0.3) is 0 Å². The lowest BCUT2D eigenvalue weighted by Crippen LogP contribution is -2.25. The summed E-state index contributed by atoms with van der Waals surface area (Å²) in [6.07, 6.45) is 2.10. The number of thioether (sulfide) groups is 1. The molecule has 1 aromatic carbocycles. The van der Waals surface area contributed by atoms with Crippen molar-refractivity contribution in [2.45, 2.75) is 30.7 Å². The minimum atomic E-state index is 0.215. The number of halogens is 1. The van der Waals surface area contributed by atoms with Crippen molar-refractivity contribution in [3.63, 3.8) is 0 Å². The SMILES string of the molecule is CCc1ccc(CC(N)CSc2cccc(Br)c2)s1. The van der Waals surface area contributed by atoms with Crippen LogP contribution < -0.4 is 5.73 Å². The van der Waals surface area contributed by atoms with E-state index in [0.717, 1.165) is 23.1 Å². The number of thiophene rings is 1. The summed E-state index contributed by atoms with van der Waals surface area (Å²) in [6, 6.07) is 13.0. The molecule has 0 aliphatic rings. The van der Waals surface area contributed by atoms with Gasteiger partial charge in [-0.1, -0.05) is 28.9 Å². The molecule has 1 heterocycles. The third-order valence-electron chi connectivity index (χ3n) is 2.79. The van der Waals surface area contributed by atoms with E-state index in [4.69, 9.17) is 5.73 Å². The molecule has 2 rings (SSSR count). The van der Waals surface area contributed by atoms with E-state index < -0.39 is 0 Å². The van der Waals surface area contributed by atoms with E-state index in [9.17, 15) is 0 Å². The van der Waals surface area contributed by atoms with E-state index in [0.29, 0.717) is 0 Å². The molecule has 0 aliphatic heterocycles. The Morgan fingerprint density at radius 2 is 2.05 bits per heavy atom. The largest absolute Gasteiger partial charge is 0.327 e. The van der Waals surface area contributed by atoms with Crippen LogP contribution in [-0.4, -0.2) is 11.8 Å². The van der Waals surface area contributed by atoms with Crippen LogP contribution in [0.3, 0.4) is 0 Å². The Bertz CT molecular complexity index is 524. The zero-order chi connectivity index (χ0) is 13.7. The van der Waals surface area contributed by atoms with Crippen molar-refractivity contribution >= 4 is 39.0 Å². The number of hydrogen-bond donors (Lipinski definition) is 1. The van der Waals surface area contributed by atoms with E-state index in [2.05, 4.69) is 53.2 Å². The van der Waals surface area contributed by atoms with Crippen molar-refractivity contribution in [1.82, 2.24) is 0 Å². The molecule has 2 N–H and O–H groups in total. The lowest BCUT2D eigenvalue weighted by molar-refractivity contribution is 0.757. The number of benzene rings is 1. The fraction of sp³-hybridized carbons (Fsp3) is 0.333. The maximum Gasteiger partial charge on any atom is 0.0186 e. The maximum absolute atomic E-state index is 6.22. The molecule has 0 aliphatic carbocycles. The lowest BCUT2D eigenvalue weighted by Gasteiger charge is -2.10. The monoisotopic (exact) mass is 355 g/mol. The molecule has 19 heavy (non-hydrogen) atoms. The second-order valence-corrected chi connectivity index (χ2v) is 7.72. The van der Waals surface area contributed by atoms with Gasteiger partial charge in [-0.15, -0.1) is 23.1 Å². The van der Waals surface area contributed by atoms with Gasteiger partial charge < -0.3 is 5.73 Å². The molecule has 2 aromatic rings. The Hall–Kier alpha value is -0.290. The third kappa shape index (κ3) is 4.95. The van der Waals surface area contributed by atoms with Gasteiger partial charge in [-0.05, 0) is 43.2 Å². The average molecular weight is 356 g/mol. The minimum Gasteiger partial charge on any atom is -0.327 e. The normalized spacial score (nSPS) is 12.6. The Kier molecular flexibility index (Phi) is 5.95. The molecular weight excluding hydrogens is 338 g/mol. The summed E-state index contributed by atoms with van der Waals surface area (Å²) >= 11 is 7.20. The van der Waals surface area contributed by atoms with Gasteiger partial charge in [0.05, 0.1) is 0 Å². The van der Waals surface area contributed by atoms with Gasteiger partial charge in [0, 0.05) is 30.9 Å². The van der Waals surface area contributed by atoms with Gasteiger partial charge >= 0.3 is 0 Å². The fourth-order valence-electron chi connectivity index (χ4n) is 1.80. The molecule has 0 amide bonds. The lowest BCUT2D eigenvalue weighted by atomic mass is 10.2. The summed E-state index contributed by atoms with van der Waals surface area (Å²) < 4.78 is 1.12. The van der Waals surface area contributed by atoms with Crippen molar-refractivity contribution in [3.05, 3.63) is 50.6 Å². The van der Waals surface area contributed by atoms with Crippen LogP contribution in [-0.2, 0) is 12.8 Å². The summed E-state index contributed by atoms with van der Waals surface area (Å²) in [4.78, 5) is 4.12. The standard InChI is InChI=1S/C15H18BrNS2/c1-2-13-6-7-15(19-13)9-12(17)10-18-14-5-3-4-11(16)8-14/h3-8,12H,2,9-10,17H2,1H3. The molecule has 1 unspecified atom stereocenters. The van der Waals surface area contributed by atoms with E-state index in [-0.39, 0.29) is 6.04 Å². The summed E-state index contributed by atoms with van der Waals surface area (Å²) in [7, 11) is 0. The minimum absolute atomic E-state index is 0.215. The van der Waals surface area contributed by atoms with Gasteiger partial charge in [-0.3, -0.25) is 0 Å². The van der Waals surface area contributed by atoms with E-state index in [1.807, 2.05) is 29.2 Å². The third-order valence-corrected chi connectivity index (χ3v) is 5.72. The zero-order valence-corrected chi connectivity index (χ0v) is 14.2. The van der Waals surface area contributed by atoms with Crippen molar-refractivity contribution < 1.29 is 0 Å². The molecule has 0 fully saturated rings. The highest BCUT2D eigenvalue weighted by molar-refractivity contribution is 9.10. The Morgan fingerprint density at radius 1 is 1.26 bits per heavy atom. The summed E-state index contributed by atoms with van der Waals surface area (Å²) in [6.45, 7) is 2.19. The molecule has 0 saturated heterocycles. The van der Waals surface area contributed by atoms with Crippen LogP contribution in [0.5, 0.6) is 0 Å². The first kappa shape index (κ1) is 15.1. The Balaban J connectivity index is 1.82. The Labute approximate surface area is 131 Å². The van der Waals surface area contributed by atoms with E-state index >= 15 is 0 Å². The Morgan fingerprint density at radius 3 is 2.74 bits per heavy atom. The van der Waals surface area contributed by atoms with Crippen LogP contribution in [0.4, 0.5) is 0 Å². The van der Waals surface area contributed by atoms with Gasteiger partial charge in [0.1, 0.15) is 0 Å². The predicted molar refractivity (Wildman–Crippen MR) is 90.2 cm³/mol. The van der Waals surface area contributed by atoms with Crippen molar-refractivity contribution in [2.75, 3.05) is 5.75 Å². The molecule has 0 spiro atoms. The summed E-state index contributed by atoms with van der Waals surface area (Å²) in [5.41, 5.74) is 6.22. The number of nitrogens with two attached hydrogens (primary N) is 1. The van der Waals surface area contributed by atoms with Gasteiger partial charge in [0.15, 0.2) is 0 Å². The van der Waals surface area contributed by atoms with E-state index in [1.165, 1.54) is 14.6 Å². The maximum atomic E-state index is 6.22. The van der Waals surface area contributed by atoms with Crippen molar-refractivity contribution in [2.24, 2.45) is 5.73 Å². The quantitative estimate of drug-likeness (QED) is 0.757. The highest BCUT2D eigenvalue weighted by atomic mass is 79.9. The number of hydrogen-bond acceptors (Lipinski definition) is 3. The molecular formula is C15H18BrNS2. The van der Waals surface area contributed by atoms with E-state index in [1.54, 1.807) is 0 Å². The van der Waals surface area contributed by atoms with Crippen LogP contribution in [0.15, 0.2) is 45.8 Å². The fourth-order valence-corrected chi connectivity index (χ4v) is 4.31. The molecule has 4 heteroatoms. The molecule has 1 aromatic heterocycles. The molecule has 0 radical (unpaired) electrons.